The third-order valence-corrected chi connectivity index (χ3v) is 5.27. The molecule has 0 aliphatic rings. The van der Waals surface area contributed by atoms with Crippen molar-refractivity contribution in [1.82, 2.24) is 0 Å². The number of halogens is 2. The van der Waals surface area contributed by atoms with Crippen LogP contribution in [0, 0.1) is 0 Å². The fraction of sp³-hybridized carbons (Fsp3) is 0.174. The van der Waals surface area contributed by atoms with E-state index < -0.39 is 11.9 Å². The molecule has 9 heteroatoms. The maximum atomic E-state index is 12.7. The van der Waals surface area contributed by atoms with E-state index in [1.54, 1.807) is 49.5 Å². The number of anilines is 1. The summed E-state index contributed by atoms with van der Waals surface area (Å²) in [6.45, 7) is -0.325. The van der Waals surface area contributed by atoms with Gasteiger partial charge in [-0.25, -0.2) is 9.59 Å². The molecular formula is C23H19Cl2NO6. The van der Waals surface area contributed by atoms with Crippen molar-refractivity contribution in [1.29, 1.82) is 0 Å². The SMILES string of the molecule is COC(=O)c1ccc(N(C)C(=O)COc2cc(C(=O)OC)cc3cc(Cl)cc(Cl)c23)cc1. The third kappa shape index (κ3) is 4.95. The Morgan fingerprint density at radius 1 is 0.875 bits per heavy atom. The first-order valence-electron chi connectivity index (χ1n) is 9.34. The normalized spacial score (nSPS) is 10.5. The lowest BCUT2D eigenvalue weighted by Gasteiger charge is -2.19. The van der Waals surface area contributed by atoms with E-state index in [4.69, 9.17) is 32.7 Å². The minimum absolute atomic E-state index is 0.229. The first-order chi connectivity index (χ1) is 15.2. The van der Waals surface area contributed by atoms with Gasteiger partial charge in [0.15, 0.2) is 6.61 Å². The average molecular weight is 476 g/mol. The van der Waals surface area contributed by atoms with Crippen molar-refractivity contribution in [3.8, 4) is 5.75 Å². The smallest absolute Gasteiger partial charge is 0.338 e. The van der Waals surface area contributed by atoms with E-state index in [-0.39, 0.29) is 23.8 Å². The van der Waals surface area contributed by atoms with Gasteiger partial charge in [-0.15, -0.1) is 0 Å². The summed E-state index contributed by atoms with van der Waals surface area (Å²) in [7, 11) is 4.14. The van der Waals surface area contributed by atoms with Crippen LogP contribution in [0.4, 0.5) is 5.69 Å². The van der Waals surface area contributed by atoms with E-state index >= 15 is 0 Å². The lowest BCUT2D eigenvalue weighted by atomic mass is 10.1. The molecule has 0 N–H and O–H groups in total. The van der Waals surface area contributed by atoms with Gasteiger partial charge >= 0.3 is 11.9 Å². The second-order valence-corrected chi connectivity index (χ2v) is 7.58. The molecule has 0 aliphatic carbocycles. The highest BCUT2D eigenvalue weighted by Gasteiger charge is 2.18. The Bertz CT molecular complexity index is 1190. The summed E-state index contributed by atoms with van der Waals surface area (Å²) in [6, 6.07) is 12.6. The van der Waals surface area contributed by atoms with Crippen LogP contribution in [0.15, 0.2) is 48.5 Å². The van der Waals surface area contributed by atoms with Crippen LogP contribution in [-0.2, 0) is 14.3 Å². The summed E-state index contributed by atoms with van der Waals surface area (Å²) in [5, 5.41) is 1.79. The number of benzene rings is 3. The van der Waals surface area contributed by atoms with Gasteiger partial charge in [0.05, 0.1) is 30.4 Å². The van der Waals surface area contributed by atoms with Gasteiger partial charge in [-0.2, -0.15) is 0 Å². The lowest BCUT2D eigenvalue weighted by molar-refractivity contribution is -0.120. The molecule has 0 bridgehead atoms. The van der Waals surface area contributed by atoms with E-state index in [1.165, 1.54) is 25.2 Å². The number of esters is 2. The number of rotatable bonds is 6. The Balaban J connectivity index is 1.85. The van der Waals surface area contributed by atoms with Gasteiger partial charge in [-0.05, 0) is 53.9 Å². The summed E-state index contributed by atoms with van der Waals surface area (Å²) in [5.74, 6) is -1.16. The molecule has 0 radical (unpaired) electrons. The molecule has 3 aromatic rings. The Labute approximate surface area is 194 Å². The predicted octanol–water partition coefficient (Wildman–Crippen LogP) is 4.76. The molecule has 1 amide bonds. The van der Waals surface area contributed by atoms with E-state index in [0.29, 0.717) is 32.1 Å². The van der Waals surface area contributed by atoms with Crippen LogP contribution in [-0.4, -0.2) is 45.7 Å². The van der Waals surface area contributed by atoms with E-state index in [0.717, 1.165) is 0 Å². The molecule has 0 fully saturated rings. The molecule has 0 saturated carbocycles. The summed E-state index contributed by atoms with van der Waals surface area (Å²) in [4.78, 5) is 37.7. The number of hydrogen-bond donors (Lipinski definition) is 0. The fourth-order valence-corrected chi connectivity index (χ4v) is 3.66. The minimum Gasteiger partial charge on any atom is -0.483 e. The van der Waals surface area contributed by atoms with Crippen LogP contribution < -0.4 is 9.64 Å². The van der Waals surface area contributed by atoms with Crippen molar-refractivity contribution in [2.24, 2.45) is 0 Å². The molecule has 7 nitrogen and oxygen atoms in total. The second kappa shape index (κ2) is 9.89. The topological polar surface area (TPSA) is 82.1 Å². The van der Waals surface area contributed by atoms with Crippen molar-refractivity contribution >= 4 is 57.5 Å². The van der Waals surface area contributed by atoms with Crippen molar-refractivity contribution < 1.29 is 28.6 Å². The highest BCUT2D eigenvalue weighted by Crippen LogP contribution is 2.36. The Kier molecular flexibility index (Phi) is 7.22. The fourth-order valence-electron chi connectivity index (χ4n) is 3.06. The van der Waals surface area contributed by atoms with Crippen molar-refractivity contribution in [3.05, 3.63) is 69.7 Å². The minimum atomic E-state index is -0.568. The summed E-state index contributed by atoms with van der Waals surface area (Å²) in [6.07, 6.45) is 0. The van der Waals surface area contributed by atoms with Gasteiger partial charge in [0.2, 0.25) is 0 Å². The number of fused-ring (bicyclic) bond motifs is 1. The van der Waals surface area contributed by atoms with Gasteiger partial charge in [0, 0.05) is 23.1 Å². The monoisotopic (exact) mass is 475 g/mol. The van der Waals surface area contributed by atoms with Gasteiger partial charge in [-0.1, -0.05) is 23.2 Å². The largest absolute Gasteiger partial charge is 0.483 e. The quantitative estimate of drug-likeness (QED) is 0.477. The predicted molar refractivity (Wildman–Crippen MR) is 122 cm³/mol. The highest BCUT2D eigenvalue weighted by atomic mass is 35.5. The number of carbonyl (C=O) groups excluding carboxylic acids is 3. The molecule has 3 rings (SSSR count). The van der Waals surface area contributed by atoms with Gasteiger partial charge in [0.25, 0.3) is 5.91 Å². The maximum absolute atomic E-state index is 12.7. The van der Waals surface area contributed by atoms with Crippen LogP contribution in [0.2, 0.25) is 10.0 Å². The Morgan fingerprint density at radius 2 is 1.50 bits per heavy atom. The molecular weight excluding hydrogens is 457 g/mol. The zero-order valence-electron chi connectivity index (χ0n) is 17.5. The first-order valence-corrected chi connectivity index (χ1v) is 10.1. The van der Waals surface area contributed by atoms with E-state index in [1.807, 2.05) is 0 Å². The number of carbonyl (C=O) groups is 3. The van der Waals surface area contributed by atoms with Crippen LogP contribution >= 0.6 is 23.2 Å². The first kappa shape index (κ1) is 23.4. The zero-order chi connectivity index (χ0) is 23.4. The molecule has 32 heavy (non-hydrogen) atoms. The Morgan fingerprint density at radius 3 is 2.12 bits per heavy atom. The summed E-state index contributed by atoms with van der Waals surface area (Å²) >= 11 is 12.4. The lowest BCUT2D eigenvalue weighted by Crippen LogP contribution is -2.31. The van der Waals surface area contributed by atoms with Gasteiger partial charge < -0.3 is 19.1 Å². The standard InChI is InChI=1S/C23H19Cl2NO6/c1-26(17-6-4-13(5-7-17)22(28)30-2)20(27)12-32-19-10-15(23(29)31-3)8-14-9-16(24)11-18(25)21(14)19/h4-11H,12H2,1-3H3. The molecule has 0 unspecified atom stereocenters. The molecule has 166 valence electrons. The van der Waals surface area contributed by atoms with Gasteiger partial charge in [0.1, 0.15) is 5.75 Å². The van der Waals surface area contributed by atoms with E-state index in [9.17, 15) is 14.4 Å². The molecule has 0 atom stereocenters. The third-order valence-electron chi connectivity index (χ3n) is 4.75. The maximum Gasteiger partial charge on any atom is 0.338 e. The molecule has 0 aliphatic heterocycles. The summed E-state index contributed by atoms with van der Waals surface area (Å²) < 4.78 is 15.2. The van der Waals surface area contributed by atoms with Crippen LogP contribution in [0.1, 0.15) is 20.7 Å². The number of amides is 1. The number of hydrogen-bond acceptors (Lipinski definition) is 6. The number of methoxy groups -OCH3 is 2. The van der Waals surface area contributed by atoms with Crippen molar-refractivity contribution in [2.75, 3.05) is 32.8 Å². The second-order valence-electron chi connectivity index (χ2n) is 6.73. The summed E-state index contributed by atoms with van der Waals surface area (Å²) in [5.41, 5.74) is 1.16. The molecule has 0 aromatic heterocycles. The van der Waals surface area contributed by atoms with Crippen molar-refractivity contribution in [3.63, 3.8) is 0 Å². The van der Waals surface area contributed by atoms with Crippen LogP contribution in [0.5, 0.6) is 5.75 Å². The van der Waals surface area contributed by atoms with Gasteiger partial charge in [-0.3, -0.25) is 4.79 Å². The number of nitrogens with zero attached hydrogens (tertiary/aromatic N) is 1. The van der Waals surface area contributed by atoms with Crippen molar-refractivity contribution in [2.45, 2.75) is 0 Å². The number of ether oxygens (including phenoxy) is 3. The van der Waals surface area contributed by atoms with E-state index in [2.05, 4.69) is 4.74 Å². The van der Waals surface area contributed by atoms with Crippen LogP contribution in [0.25, 0.3) is 10.8 Å². The Hall–Kier alpha value is -3.29. The van der Waals surface area contributed by atoms with Crippen LogP contribution in [0.3, 0.4) is 0 Å². The molecule has 0 heterocycles. The number of likely N-dealkylation sites (N-methyl/N-ethyl adjacent to an activating group) is 1. The molecule has 0 saturated heterocycles. The average Bonchev–Trinajstić information content (AvgIpc) is 2.80. The zero-order valence-corrected chi connectivity index (χ0v) is 19.0. The molecule has 0 spiro atoms. The highest BCUT2D eigenvalue weighted by molar-refractivity contribution is 6.39. The molecule has 3 aromatic carbocycles.